The van der Waals surface area contributed by atoms with Gasteiger partial charge in [0.1, 0.15) is 0 Å². The molecular formula is C9H12Cl2Mg. The third kappa shape index (κ3) is 6.12. The summed E-state index contributed by atoms with van der Waals surface area (Å²) in [6.45, 7) is 4.41. The smallest absolute Gasteiger partial charge is 1.00 e. The van der Waals surface area contributed by atoms with Gasteiger partial charge in [0.25, 0.3) is 0 Å². The van der Waals surface area contributed by atoms with Gasteiger partial charge in [-0.25, -0.2) is 0 Å². The molecular weight excluding hydrogens is 203 g/mol. The molecule has 12 heavy (non-hydrogen) atoms. The molecule has 0 aliphatic heterocycles. The maximum absolute atomic E-state index is 2.20. The van der Waals surface area contributed by atoms with E-state index >= 15 is 0 Å². The van der Waals surface area contributed by atoms with E-state index in [1.807, 2.05) is 6.07 Å². The van der Waals surface area contributed by atoms with Gasteiger partial charge in [-0.15, -0.1) is 0 Å². The summed E-state index contributed by atoms with van der Waals surface area (Å²) in [5.74, 6) is 0.659. The zero-order valence-electron chi connectivity index (χ0n) is 7.43. The second-order valence-corrected chi connectivity index (χ2v) is 2.57. The van der Waals surface area contributed by atoms with Crippen LogP contribution in [0.25, 0.3) is 0 Å². The van der Waals surface area contributed by atoms with E-state index in [1.54, 1.807) is 0 Å². The van der Waals surface area contributed by atoms with E-state index in [-0.39, 0.29) is 47.9 Å². The standard InChI is InChI=1S/C9H12.2ClH.Mg/c1-8(2)9-6-4-3-5-7-9;;;/h3-8H,1-2H3;2*1H;/q;;;+2/p-2. The molecule has 1 aromatic carbocycles. The summed E-state index contributed by atoms with van der Waals surface area (Å²) in [6.07, 6.45) is 0. The summed E-state index contributed by atoms with van der Waals surface area (Å²) in [5.41, 5.74) is 1.41. The van der Waals surface area contributed by atoms with Crippen LogP contribution in [0.3, 0.4) is 0 Å². The summed E-state index contributed by atoms with van der Waals surface area (Å²) in [5, 5.41) is 0. The van der Waals surface area contributed by atoms with E-state index in [0.717, 1.165) is 0 Å². The van der Waals surface area contributed by atoms with Crippen LogP contribution >= 0.6 is 0 Å². The molecule has 1 aromatic rings. The second-order valence-electron chi connectivity index (χ2n) is 2.57. The Bertz CT molecular complexity index is 175. The van der Waals surface area contributed by atoms with Gasteiger partial charge < -0.3 is 24.8 Å². The maximum atomic E-state index is 2.20. The molecule has 0 atom stereocenters. The van der Waals surface area contributed by atoms with Crippen molar-refractivity contribution in [1.82, 2.24) is 0 Å². The topological polar surface area (TPSA) is 0 Å². The number of hydrogen-bond donors (Lipinski definition) is 0. The number of hydrogen-bond acceptors (Lipinski definition) is 0. The van der Waals surface area contributed by atoms with Crippen molar-refractivity contribution in [3.8, 4) is 0 Å². The summed E-state index contributed by atoms with van der Waals surface area (Å²) >= 11 is 0. The van der Waals surface area contributed by atoms with Crippen molar-refractivity contribution in [3.05, 3.63) is 35.9 Å². The Morgan fingerprint density at radius 2 is 1.33 bits per heavy atom. The molecule has 0 nitrogen and oxygen atoms in total. The molecule has 0 spiro atoms. The molecule has 0 heterocycles. The Kier molecular flexibility index (Phi) is 14.8. The van der Waals surface area contributed by atoms with Crippen molar-refractivity contribution in [2.75, 3.05) is 0 Å². The van der Waals surface area contributed by atoms with Gasteiger partial charge in [0.05, 0.1) is 0 Å². The Morgan fingerprint density at radius 3 is 1.58 bits per heavy atom. The van der Waals surface area contributed by atoms with E-state index in [9.17, 15) is 0 Å². The molecule has 0 amide bonds. The van der Waals surface area contributed by atoms with Crippen LogP contribution in [0.1, 0.15) is 25.3 Å². The second kappa shape index (κ2) is 9.65. The third-order valence-electron chi connectivity index (χ3n) is 1.47. The Hall–Kier alpha value is 0.566. The predicted octanol–water partition coefficient (Wildman–Crippen LogP) is -3.56. The van der Waals surface area contributed by atoms with Crippen LogP contribution in [0.5, 0.6) is 0 Å². The Morgan fingerprint density at radius 1 is 0.917 bits per heavy atom. The van der Waals surface area contributed by atoms with Crippen LogP contribution < -0.4 is 24.8 Å². The first-order chi connectivity index (χ1) is 4.30. The summed E-state index contributed by atoms with van der Waals surface area (Å²) in [4.78, 5) is 0. The van der Waals surface area contributed by atoms with Gasteiger partial charge in [-0.2, -0.15) is 0 Å². The Labute approximate surface area is 103 Å². The molecule has 0 bridgehead atoms. The molecule has 0 N–H and O–H groups in total. The minimum atomic E-state index is 0. The van der Waals surface area contributed by atoms with Crippen LogP contribution in [0.15, 0.2) is 30.3 Å². The van der Waals surface area contributed by atoms with Gasteiger partial charge in [-0.05, 0) is 11.5 Å². The zero-order chi connectivity index (χ0) is 6.69. The molecule has 0 aromatic heterocycles. The van der Waals surface area contributed by atoms with Crippen molar-refractivity contribution >= 4 is 23.1 Å². The van der Waals surface area contributed by atoms with E-state index in [0.29, 0.717) is 5.92 Å². The fourth-order valence-electron chi connectivity index (χ4n) is 0.838. The fourth-order valence-corrected chi connectivity index (χ4v) is 0.838. The van der Waals surface area contributed by atoms with Crippen LogP contribution in [0, 0.1) is 0 Å². The predicted molar refractivity (Wildman–Crippen MR) is 46.3 cm³/mol. The third-order valence-corrected chi connectivity index (χ3v) is 1.47. The van der Waals surface area contributed by atoms with Gasteiger partial charge in [-0.1, -0.05) is 44.2 Å². The molecule has 0 aliphatic carbocycles. The van der Waals surface area contributed by atoms with Crippen molar-refractivity contribution in [3.63, 3.8) is 0 Å². The first kappa shape index (κ1) is 18.4. The molecule has 0 fully saturated rings. The van der Waals surface area contributed by atoms with Crippen molar-refractivity contribution in [2.24, 2.45) is 0 Å². The van der Waals surface area contributed by atoms with Gasteiger partial charge in [0, 0.05) is 0 Å². The molecule has 3 heteroatoms. The van der Waals surface area contributed by atoms with Crippen molar-refractivity contribution in [2.45, 2.75) is 19.8 Å². The average Bonchev–Trinajstić information content (AvgIpc) is 1.90. The quantitative estimate of drug-likeness (QED) is 0.426. The molecule has 1 rings (SSSR count). The van der Waals surface area contributed by atoms with E-state index in [1.165, 1.54) is 5.56 Å². The van der Waals surface area contributed by atoms with E-state index in [4.69, 9.17) is 0 Å². The minimum Gasteiger partial charge on any atom is -1.00 e. The summed E-state index contributed by atoms with van der Waals surface area (Å²) in [6, 6.07) is 10.5. The first-order valence-electron chi connectivity index (χ1n) is 3.35. The van der Waals surface area contributed by atoms with Crippen LogP contribution in [-0.4, -0.2) is 23.1 Å². The van der Waals surface area contributed by atoms with Crippen molar-refractivity contribution < 1.29 is 24.8 Å². The summed E-state index contributed by atoms with van der Waals surface area (Å²) in [7, 11) is 0. The Balaban J connectivity index is -0.000000270. The zero-order valence-corrected chi connectivity index (χ0v) is 10.4. The van der Waals surface area contributed by atoms with E-state index < -0.39 is 0 Å². The normalized spacial score (nSPS) is 7.58. The van der Waals surface area contributed by atoms with Crippen LogP contribution in [0.4, 0.5) is 0 Å². The molecule has 0 unspecified atom stereocenters. The fraction of sp³-hybridized carbons (Fsp3) is 0.333. The molecule has 0 saturated carbocycles. The number of rotatable bonds is 1. The van der Waals surface area contributed by atoms with E-state index in [2.05, 4.69) is 38.1 Å². The summed E-state index contributed by atoms with van der Waals surface area (Å²) < 4.78 is 0. The minimum absolute atomic E-state index is 0. The SMILES string of the molecule is CC(C)c1ccccc1.[Cl-].[Cl-].[Mg+2]. The molecule has 0 aliphatic rings. The first-order valence-corrected chi connectivity index (χ1v) is 3.35. The average molecular weight is 215 g/mol. The van der Waals surface area contributed by atoms with Gasteiger partial charge in [-0.3, -0.25) is 0 Å². The molecule has 64 valence electrons. The van der Waals surface area contributed by atoms with Crippen molar-refractivity contribution in [1.29, 1.82) is 0 Å². The number of benzene rings is 1. The monoisotopic (exact) mass is 214 g/mol. The molecule has 0 saturated heterocycles. The van der Waals surface area contributed by atoms with Crippen LogP contribution in [0.2, 0.25) is 0 Å². The van der Waals surface area contributed by atoms with Gasteiger partial charge in [0.15, 0.2) is 0 Å². The van der Waals surface area contributed by atoms with Gasteiger partial charge >= 0.3 is 23.1 Å². The van der Waals surface area contributed by atoms with Crippen LogP contribution in [-0.2, 0) is 0 Å². The van der Waals surface area contributed by atoms with Gasteiger partial charge in [0.2, 0.25) is 0 Å². The molecule has 0 radical (unpaired) electrons. The largest absolute Gasteiger partial charge is 2.00 e. The number of halogens is 2. The maximum Gasteiger partial charge on any atom is 2.00 e.